The minimum Gasteiger partial charge on any atom is -0.314 e. The van der Waals surface area contributed by atoms with Gasteiger partial charge in [0.2, 0.25) is 0 Å². The molecule has 0 amide bonds. The van der Waals surface area contributed by atoms with Gasteiger partial charge in [0.15, 0.2) is 0 Å². The van der Waals surface area contributed by atoms with E-state index < -0.39 is 0 Å². The molecule has 1 unspecified atom stereocenters. The molecule has 0 saturated carbocycles. The number of piperazine rings is 1. The third-order valence-corrected chi connectivity index (χ3v) is 4.46. The number of nitrogens with zero attached hydrogens (tertiary/aromatic N) is 2. The summed E-state index contributed by atoms with van der Waals surface area (Å²) in [7, 11) is 0. The number of rotatable bonds is 3. The minimum absolute atomic E-state index is 0.0828. The van der Waals surface area contributed by atoms with Crippen LogP contribution in [0.4, 0.5) is 4.39 Å². The van der Waals surface area contributed by atoms with Crippen LogP contribution >= 0.6 is 0 Å². The second-order valence-corrected chi connectivity index (χ2v) is 5.59. The number of hydrogen-bond acceptors (Lipinski definition) is 3. The predicted octanol–water partition coefficient (Wildman–Crippen LogP) is 1.48. The molecule has 19 heavy (non-hydrogen) atoms. The van der Waals surface area contributed by atoms with Crippen LogP contribution in [0.25, 0.3) is 0 Å². The van der Waals surface area contributed by atoms with Crippen LogP contribution in [0.5, 0.6) is 0 Å². The molecule has 0 bridgehead atoms. The lowest BCUT2D eigenvalue weighted by Gasteiger charge is -2.49. The van der Waals surface area contributed by atoms with Crippen molar-refractivity contribution < 1.29 is 4.39 Å². The highest BCUT2D eigenvalue weighted by Crippen LogP contribution is 2.28. The van der Waals surface area contributed by atoms with E-state index >= 15 is 0 Å². The Hall–Kier alpha value is -0.970. The fourth-order valence-electron chi connectivity index (χ4n) is 3.09. The minimum atomic E-state index is -0.0828. The maximum atomic E-state index is 13.8. The quantitative estimate of drug-likeness (QED) is 0.891. The largest absolute Gasteiger partial charge is 0.314 e. The standard InChI is InChI=1S/C15H22FN3/c1-12(14-4-2-3-5-15(14)16)19-10-13(11-19)18-8-6-17-7-9-18/h2-5,12-13,17H,6-11H2,1H3. The Bertz CT molecular complexity index is 425. The third kappa shape index (κ3) is 2.66. The molecular weight excluding hydrogens is 241 g/mol. The second-order valence-electron chi connectivity index (χ2n) is 5.59. The average molecular weight is 263 g/mol. The van der Waals surface area contributed by atoms with E-state index in [1.165, 1.54) is 0 Å². The van der Waals surface area contributed by atoms with Gasteiger partial charge in [-0.2, -0.15) is 0 Å². The van der Waals surface area contributed by atoms with Crippen LogP contribution in [-0.4, -0.2) is 55.1 Å². The smallest absolute Gasteiger partial charge is 0.127 e. The molecule has 4 heteroatoms. The molecule has 1 atom stereocenters. The van der Waals surface area contributed by atoms with Crippen molar-refractivity contribution in [2.75, 3.05) is 39.3 Å². The van der Waals surface area contributed by atoms with E-state index in [0.29, 0.717) is 6.04 Å². The highest BCUT2D eigenvalue weighted by atomic mass is 19.1. The third-order valence-electron chi connectivity index (χ3n) is 4.46. The summed E-state index contributed by atoms with van der Waals surface area (Å²) in [6, 6.07) is 7.97. The molecular formula is C15H22FN3. The topological polar surface area (TPSA) is 18.5 Å². The van der Waals surface area contributed by atoms with Gasteiger partial charge < -0.3 is 5.32 Å². The molecule has 3 rings (SSSR count). The van der Waals surface area contributed by atoms with Crippen molar-refractivity contribution in [2.24, 2.45) is 0 Å². The fourth-order valence-corrected chi connectivity index (χ4v) is 3.09. The Labute approximate surface area is 114 Å². The van der Waals surface area contributed by atoms with E-state index in [4.69, 9.17) is 0 Å². The van der Waals surface area contributed by atoms with Crippen molar-refractivity contribution >= 4 is 0 Å². The zero-order valence-corrected chi connectivity index (χ0v) is 11.5. The van der Waals surface area contributed by atoms with Gasteiger partial charge in [-0.05, 0) is 13.0 Å². The Kier molecular flexibility index (Phi) is 3.82. The van der Waals surface area contributed by atoms with Crippen LogP contribution in [0.1, 0.15) is 18.5 Å². The molecule has 1 aromatic rings. The molecule has 2 aliphatic rings. The summed E-state index contributed by atoms with van der Waals surface area (Å²) in [4.78, 5) is 4.92. The maximum Gasteiger partial charge on any atom is 0.127 e. The molecule has 2 heterocycles. The lowest BCUT2D eigenvalue weighted by Crippen LogP contribution is -2.62. The van der Waals surface area contributed by atoms with E-state index in [1.807, 2.05) is 12.1 Å². The SMILES string of the molecule is CC(c1ccccc1F)N1CC(N2CCNCC2)C1. The molecule has 0 spiro atoms. The molecule has 1 N–H and O–H groups in total. The molecule has 0 aliphatic carbocycles. The molecule has 3 nitrogen and oxygen atoms in total. The van der Waals surface area contributed by atoms with Gasteiger partial charge >= 0.3 is 0 Å². The van der Waals surface area contributed by atoms with Crippen LogP contribution in [-0.2, 0) is 0 Å². The van der Waals surface area contributed by atoms with Crippen molar-refractivity contribution in [3.8, 4) is 0 Å². The predicted molar refractivity (Wildman–Crippen MR) is 74.6 cm³/mol. The first-order valence-electron chi connectivity index (χ1n) is 7.19. The molecule has 0 radical (unpaired) electrons. The molecule has 2 fully saturated rings. The van der Waals surface area contributed by atoms with Gasteiger partial charge in [-0.3, -0.25) is 9.80 Å². The molecule has 2 aliphatic heterocycles. The van der Waals surface area contributed by atoms with Gasteiger partial charge in [0.25, 0.3) is 0 Å². The van der Waals surface area contributed by atoms with E-state index in [9.17, 15) is 4.39 Å². The zero-order valence-electron chi connectivity index (χ0n) is 11.5. The molecule has 104 valence electrons. The number of hydrogen-bond donors (Lipinski definition) is 1. The van der Waals surface area contributed by atoms with Crippen molar-refractivity contribution in [2.45, 2.75) is 19.0 Å². The van der Waals surface area contributed by atoms with Crippen LogP contribution in [0.3, 0.4) is 0 Å². The molecule has 2 saturated heterocycles. The van der Waals surface area contributed by atoms with Gasteiger partial charge in [0, 0.05) is 56.9 Å². The molecule has 0 aromatic heterocycles. The van der Waals surface area contributed by atoms with Crippen molar-refractivity contribution in [1.82, 2.24) is 15.1 Å². The van der Waals surface area contributed by atoms with Crippen molar-refractivity contribution in [3.63, 3.8) is 0 Å². The normalized spacial score (nSPS) is 24.1. The van der Waals surface area contributed by atoms with Crippen LogP contribution in [0.15, 0.2) is 24.3 Å². The second kappa shape index (κ2) is 5.57. The summed E-state index contributed by atoms with van der Waals surface area (Å²) < 4.78 is 13.8. The Morgan fingerprint density at radius 3 is 2.58 bits per heavy atom. The maximum absolute atomic E-state index is 13.8. The Balaban J connectivity index is 1.56. The highest BCUT2D eigenvalue weighted by Gasteiger charge is 2.35. The van der Waals surface area contributed by atoms with E-state index in [-0.39, 0.29) is 11.9 Å². The van der Waals surface area contributed by atoms with Crippen molar-refractivity contribution in [3.05, 3.63) is 35.6 Å². The van der Waals surface area contributed by atoms with Crippen LogP contribution < -0.4 is 5.32 Å². The summed E-state index contributed by atoms with van der Waals surface area (Å²) in [5, 5.41) is 3.38. The van der Waals surface area contributed by atoms with Crippen molar-refractivity contribution in [1.29, 1.82) is 0 Å². The monoisotopic (exact) mass is 263 g/mol. The van der Waals surface area contributed by atoms with E-state index in [1.54, 1.807) is 12.1 Å². The van der Waals surface area contributed by atoms with Gasteiger partial charge in [0.1, 0.15) is 5.82 Å². The van der Waals surface area contributed by atoms with Crippen LogP contribution in [0.2, 0.25) is 0 Å². The summed E-state index contributed by atoms with van der Waals surface area (Å²) in [6.45, 7) is 8.72. The number of halogens is 1. The Morgan fingerprint density at radius 2 is 1.89 bits per heavy atom. The first-order chi connectivity index (χ1) is 9.25. The number of likely N-dealkylation sites (tertiary alicyclic amines) is 1. The lowest BCUT2D eigenvalue weighted by molar-refractivity contribution is 0.00267. The lowest BCUT2D eigenvalue weighted by atomic mass is 9.98. The summed E-state index contributed by atoms with van der Waals surface area (Å²) in [6.07, 6.45) is 0. The summed E-state index contributed by atoms with van der Waals surface area (Å²) in [5.41, 5.74) is 0.821. The van der Waals surface area contributed by atoms with Gasteiger partial charge in [0.05, 0.1) is 0 Å². The van der Waals surface area contributed by atoms with E-state index in [2.05, 4.69) is 22.0 Å². The van der Waals surface area contributed by atoms with Gasteiger partial charge in [-0.15, -0.1) is 0 Å². The van der Waals surface area contributed by atoms with Gasteiger partial charge in [-0.1, -0.05) is 18.2 Å². The average Bonchev–Trinajstić information content (AvgIpc) is 2.38. The molecule has 1 aromatic carbocycles. The first-order valence-corrected chi connectivity index (χ1v) is 7.19. The van der Waals surface area contributed by atoms with E-state index in [0.717, 1.165) is 44.8 Å². The number of nitrogens with one attached hydrogen (secondary N) is 1. The van der Waals surface area contributed by atoms with Gasteiger partial charge in [-0.25, -0.2) is 4.39 Å². The first kappa shape index (κ1) is 13.0. The van der Waals surface area contributed by atoms with Crippen LogP contribution in [0, 0.1) is 5.82 Å². The summed E-state index contributed by atoms with van der Waals surface area (Å²) in [5.74, 6) is -0.0828. The highest BCUT2D eigenvalue weighted by molar-refractivity contribution is 5.21. The fraction of sp³-hybridized carbons (Fsp3) is 0.600. The number of benzene rings is 1. The zero-order chi connectivity index (χ0) is 13.2. The Morgan fingerprint density at radius 1 is 1.21 bits per heavy atom. The summed E-state index contributed by atoms with van der Waals surface area (Å²) >= 11 is 0.